The van der Waals surface area contributed by atoms with Crippen LogP contribution in [0.15, 0.2) is 60.7 Å². The average molecular weight is 352 g/mol. The molecule has 2 amide bonds. The number of benzene rings is 2. The minimum atomic E-state index is -0.203. The molecule has 5 nitrogen and oxygen atoms in total. The normalized spacial score (nSPS) is 10.5. The number of hydrogen-bond acceptors (Lipinski definition) is 3. The molecule has 0 bridgehead atoms. The number of amides is 2. The lowest BCUT2D eigenvalue weighted by molar-refractivity contribution is -0.116. The van der Waals surface area contributed by atoms with Crippen molar-refractivity contribution >= 4 is 17.9 Å². The number of hydrogen-bond donors (Lipinski definition) is 2. The molecule has 0 aliphatic rings. The van der Waals surface area contributed by atoms with Crippen molar-refractivity contribution in [3.05, 3.63) is 71.8 Å². The molecule has 2 N–H and O–H groups in total. The van der Waals surface area contributed by atoms with Gasteiger partial charge in [-0.25, -0.2) is 0 Å². The third-order valence-electron chi connectivity index (χ3n) is 3.53. The van der Waals surface area contributed by atoms with Crippen molar-refractivity contribution in [2.45, 2.75) is 13.3 Å². The van der Waals surface area contributed by atoms with Crippen molar-refractivity contribution in [1.82, 2.24) is 10.6 Å². The molecule has 0 unspecified atom stereocenters. The first-order chi connectivity index (χ1) is 12.7. The topological polar surface area (TPSA) is 67.4 Å². The van der Waals surface area contributed by atoms with E-state index in [9.17, 15) is 9.59 Å². The molecule has 0 saturated heterocycles. The molecule has 0 fully saturated rings. The predicted molar refractivity (Wildman–Crippen MR) is 103 cm³/mol. The monoisotopic (exact) mass is 352 g/mol. The summed E-state index contributed by atoms with van der Waals surface area (Å²) < 4.78 is 5.51. The highest BCUT2D eigenvalue weighted by molar-refractivity contribution is 5.94. The highest BCUT2D eigenvalue weighted by atomic mass is 16.5. The van der Waals surface area contributed by atoms with Gasteiger partial charge in [0.15, 0.2) is 0 Å². The van der Waals surface area contributed by atoms with Gasteiger partial charge in [0, 0.05) is 24.7 Å². The van der Waals surface area contributed by atoms with E-state index in [0.717, 1.165) is 17.7 Å². The Kier molecular flexibility index (Phi) is 7.93. The van der Waals surface area contributed by atoms with E-state index in [2.05, 4.69) is 17.6 Å². The lowest BCUT2D eigenvalue weighted by atomic mass is 10.2. The molecule has 0 atom stereocenters. The maximum atomic E-state index is 11.8. The van der Waals surface area contributed by atoms with Gasteiger partial charge >= 0.3 is 0 Å². The number of ether oxygens (including phenoxy) is 1. The van der Waals surface area contributed by atoms with Gasteiger partial charge in [-0.05, 0) is 42.3 Å². The molecule has 136 valence electrons. The van der Waals surface area contributed by atoms with Crippen molar-refractivity contribution < 1.29 is 14.3 Å². The zero-order chi connectivity index (χ0) is 18.6. The molecule has 0 spiro atoms. The fraction of sp³-hybridized carbons (Fsp3) is 0.238. The number of carbonyl (C=O) groups excluding carboxylic acids is 2. The molecule has 2 rings (SSSR count). The van der Waals surface area contributed by atoms with Crippen LogP contribution in [-0.2, 0) is 4.79 Å². The third-order valence-corrected chi connectivity index (χ3v) is 3.53. The smallest absolute Gasteiger partial charge is 0.251 e. The second-order valence-electron chi connectivity index (χ2n) is 5.66. The van der Waals surface area contributed by atoms with Gasteiger partial charge in [-0.15, -0.1) is 0 Å². The van der Waals surface area contributed by atoms with E-state index in [-0.39, 0.29) is 11.8 Å². The van der Waals surface area contributed by atoms with E-state index in [0.29, 0.717) is 25.3 Å². The van der Waals surface area contributed by atoms with Gasteiger partial charge in [0.2, 0.25) is 5.91 Å². The minimum absolute atomic E-state index is 0.152. The van der Waals surface area contributed by atoms with Crippen molar-refractivity contribution in [2.75, 3.05) is 19.7 Å². The van der Waals surface area contributed by atoms with Crippen LogP contribution >= 0.6 is 0 Å². The molecule has 2 aromatic carbocycles. The van der Waals surface area contributed by atoms with E-state index >= 15 is 0 Å². The average Bonchev–Trinajstić information content (AvgIpc) is 2.69. The zero-order valence-corrected chi connectivity index (χ0v) is 14.9. The first-order valence-corrected chi connectivity index (χ1v) is 8.71. The lowest BCUT2D eigenvalue weighted by Crippen LogP contribution is -2.33. The van der Waals surface area contributed by atoms with Crippen molar-refractivity contribution in [3.8, 4) is 5.75 Å². The summed E-state index contributed by atoms with van der Waals surface area (Å²) in [5, 5.41) is 5.49. The first kappa shape index (κ1) is 19.2. The molecule has 0 radical (unpaired) electrons. The fourth-order valence-electron chi connectivity index (χ4n) is 2.18. The summed E-state index contributed by atoms with van der Waals surface area (Å²) in [5.74, 6) is 0.466. The summed E-state index contributed by atoms with van der Waals surface area (Å²) in [6, 6.07) is 16.5. The predicted octanol–water partition coefficient (Wildman–Crippen LogP) is 3.03. The molecule has 2 aromatic rings. The van der Waals surface area contributed by atoms with E-state index in [4.69, 9.17) is 4.74 Å². The SMILES string of the molecule is CCCOc1ccc(C=CC(=O)NCCNC(=O)c2ccccc2)cc1. The van der Waals surface area contributed by atoms with E-state index < -0.39 is 0 Å². The molecule has 0 heterocycles. The standard InChI is InChI=1S/C21H24N2O3/c1-2-16-26-19-11-8-17(9-12-19)10-13-20(24)22-14-15-23-21(25)18-6-4-3-5-7-18/h3-13H,2,14-16H2,1H3,(H,22,24)(H,23,25). The molecular formula is C21H24N2O3. The third kappa shape index (κ3) is 6.81. The Balaban J connectivity index is 1.68. The summed E-state index contributed by atoms with van der Waals surface area (Å²) in [4.78, 5) is 23.6. The van der Waals surface area contributed by atoms with Gasteiger partial charge in [-0.1, -0.05) is 37.3 Å². The largest absolute Gasteiger partial charge is 0.494 e. The minimum Gasteiger partial charge on any atom is -0.494 e. The molecule has 26 heavy (non-hydrogen) atoms. The van der Waals surface area contributed by atoms with Gasteiger partial charge in [-0.3, -0.25) is 9.59 Å². The van der Waals surface area contributed by atoms with Gasteiger partial charge in [0.1, 0.15) is 5.75 Å². The van der Waals surface area contributed by atoms with Crippen LogP contribution in [0.2, 0.25) is 0 Å². The van der Waals surface area contributed by atoms with Gasteiger partial charge in [0.05, 0.1) is 6.61 Å². The summed E-state index contributed by atoms with van der Waals surface area (Å²) >= 11 is 0. The van der Waals surface area contributed by atoms with Crippen LogP contribution in [0.5, 0.6) is 5.75 Å². The van der Waals surface area contributed by atoms with Crippen molar-refractivity contribution in [1.29, 1.82) is 0 Å². The van der Waals surface area contributed by atoms with E-state index in [1.165, 1.54) is 6.08 Å². The number of carbonyl (C=O) groups is 2. The van der Waals surface area contributed by atoms with E-state index in [1.807, 2.05) is 42.5 Å². The molecule has 0 aliphatic heterocycles. The van der Waals surface area contributed by atoms with E-state index in [1.54, 1.807) is 18.2 Å². The van der Waals surface area contributed by atoms with Crippen LogP contribution < -0.4 is 15.4 Å². The first-order valence-electron chi connectivity index (χ1n) is 8.71. The molecule has 5 heteroatoms. The fourth-order valence-corrected chi connectivity index (χ4v) is 2.18. The van der Waals surface area contributed by atoms with Crippen LogP contribution in [0, 0.1) is 0 Å². The van der Waals surface area contributed by atoms with Gasteiger partial charge in [-0.2, -0.15) is 0 Å². The highest BCUT2D eigenvalue weighted by Gasteiger charge is 2.03. The second-order valence-corrected chi connectivity index (χ2v) is 5.66. The Labute approximate surface area is 154 Å². The van der Waals surface area contributed by atoms with Gasteiger partial charge in [0.25, 0.3) is 5.91 Å². The molecular weight excluding hydrogens is 328 g/mol. The quantitative estimate of drug-likeness (QED) is 0.538. The molecule has 0 aliphatic carbocycles. The van der Waals surface area contributed by atoms with Crippen LogP contribution in [0.4, 0.5) is 0 Å². The Bertz CT molecular complexity index is 725. The molecule has 0 saturated carbocycles. The van der Waals surface area contributed by atoms with Crippen molar-refractivity contribution in [2.24, 2.45) is 0 Å². The van der Waals surface area contributed by atoms with Crippen LogP contribution in [-0.4, -0.2) is 31.5 Å². The number of rotatable bonds is 9. The summed E-state index contributed by atoms with van der Waals surface area (Å²) in [6.45, 7) is 3.49. The Morgan fingerprint density at radius 3 is 2.35 bits per heavy atom. The lowest BCUT2D eigenvalue weighted by Gasteiger charge is -2.06. The highest BCUT2D eigenvalue weighted by Crippen LogP contribution is 2.13. The maximum absolute atomic E-state index is 11.8. The maximum Gasteiger partial charge on any atom is 0.251 e. The summed E-state index contributed by atoms with van der Waals surface area (Å²) in [7, 11) is 0. The zero-order valence-electron chi connectivity index (χ0n) is 14.9. The van der Waals surface area contributed by atoms with Crippen LogP contribution in [0.25, 0.3) is 6.08 Å². The Hall–Kier alpha value is -3.08. The van der Waals surface area contributed by atoms with Gasteiger partial charge < -0.3 is 15.4 Å². The van der Waals surface area contributed by atoms with Crippen LogP contribution in [0.1, 0.15) is 29.3 Å². The second kappa shape index (κ2) is 10.7. The summed E-state index contributed by atoms with van der Waals surface area (Å²) in [6.07, 6.45) is 4.18. The Morgan fingerprint density at radius 2 is 1.65 bits per heavy atom. The van der Waals surface area contributed by atoms with Crippen molar-refractivity contribution in [3.63, 3.8) is 0 Å². The summed E-state index contributed by atoms with van der Waals surface area (Å²) in [5.41, 5.74) is 1.52. The molecule has 0 aromatic heterocycles. The van der Waals surface area contributed by atoms with Crippen LogP contribution in [0.3, 0.4) is 0 Å². The number of nitrogens with one attached hydrogen (secondary N) is 2. The Morgan fingerprint density at radius 1 is 0.962 bits per heavy atom.